The predicted molar refractivity (Wildman–Crippen MR) is 78.2 cm³/mol. The zero-order chi connectivity index (χ0) is 15.1. The maximum Gasteiger partial charge on any atom is 0.251 e. The predicted octanol–water partition coefficient (Wildman–Crippen LogP) is 3.01. The molecule has 1 aromatic rings. The number of halogens is 2. The molecule has 1 aromatic carbocycles. The first-order valence-electron chi connectivity index (χ1n) is 7.63. The highest BCUT2D eigenvalue weighted by atomic mass is 19.2. The van der Waals surface area contributed by atoms with Crippen LogP contribution in [0, 0.1) is 11.6 Å². The van der Waals surface area contributed by atoms with Crippen molar-refractivity contribution in [1.82, 2.24) is 10.6 Å². The minimum absolute atomic E-state index is 0.142. The third-order valence-electron chi connectivity index (χ3n) is 3.88. The average molecular weight is 296 g/mol. The summed E-state index contributed by atoms with van der Waals surface area (Å²) in [7, 11) is 0. The van der Waals surface area contributed by atoms with Gasteiger partial charge in [0.05, 0.1) is 0 Å². The Morgan fingerprint density at radius 2 is 1.76 bits per heavy atom. The largest absolute Gasteiger partial charge is 0.351 e. The zero-order valence-electron chi connectivity index (χ0n) is 12.1. The third-order valence-corrected chi connectivity index (χ3v) is 3.88. The van der Waals surface area contributed by atoms with E-state index < -0.39 is 11.6 Å². The fourth-order valence-electron chi connectivity index (χ4n) is 2.68. The number of amides is 1. The van der Waals surface area contributed by atoms with Crippen LogP contribution in [0.15, 0.2) is 18.2 Å². The van der Waals surface area contributed by atoms with Gasteiger partial charge >= 0.3 is 0 Å². The average Bonchev–Trinajstić information content (AvgIpc) is 2.75. The Morgan fingerprint density at radius 3 is 2.43 bits per heavy atom. The second kappa shape index (κ2) is 8.08. The highest BCUT2D eigenvalue weighted by Gasteiger charge is 2.12. The van der Waals surface area contributed by atoms with Crippen LogP contribution in [0.1, 0.15) is 48.9 Å². The zero-order valence-corrected chi connectivity index (χ0v) is 12.1. The van der Waals surface area contributed by atoms with E-state index in [1.54, 1.807) is 0 Å². The van der Waals surface area contributed by atoms with Crippen LogP contribution in [0.4, 0.5) is 8.78 Å². The summed E-state index contributed by atoms with van der Waals surface area (Å²) in [6, 6.07) is 3.71. The lowest BCUT2D eigenvalue weighted by atomic mass is 10.1. The van der Waals surface area contributed by atoms with E-state index in [1.807, 2.05) is 0 Å². The molecule has 0 spiro atoms. The van der Waals surface area contributed by atoms with Gasteiger partial charge in [-0.1, -0.05) is 25.7 Å². The summed E-state index contributed by atoms with van der Waals surface area (Å²) in [6.45, 7) is 1.18. The molecule has 0 heterocycles. The van der Waals surface area contributed by atoms with E-state index in [1.165, 1.54) is 44.6 Å². The van der Waals surface area contributed by atoms with Gasteiger partial charge in [-0.3, -0.25) is 4.79 Å². The van der Waals surface area contributed by atoms with Gasteiger partial charge in [-0.25, -0.2) is 8.78 Å². The molecule has 1 saturated carbocycles. The number of benzene rings is 1. The Kier molecular flexibility index (Phi) is 6.11. The van der Waals surface area contributed by atoms with Crippen LogP contribution < -0.4 is 10.6 Å². The molecule has 1 aliphatic rings. The fraction of sp³-hybridized carbons (Fsp3) is 0.562. The van der Waals surface area contributed by atoms with Gasteiger partial charge in [0.1, 0.15) is 0 Å². The quantitative estimate of drug-likeness (QED) is 0.648. The van der Waals surface area contributed by atoms with Gasteiger partial charge in [0, 0.05) is 24.7 Å². The Bertz CT molecular complexity index is 471. The number of hydrogen-bond acceptors (Lipinski definition) is 2. The van der Waals surface area contributed by atoms with Crippen molar-refractivity contribution in [3.05, 3.63) is 35.4 Å². The molecule has 0 unspecified atom stereocenters. The van der Waals surface area contributed by atoms with E-state index in [-0.39, 0.29) is 11.5 Å². The first-order valence-corrected chi connectivity index (χ1v) is 7.63. The van der Waals surface area contributed by atoms with Crippen LogP contribution in [0.5, 0.6) is 0 Å². The minimum Gasteiger partial charge on any atom is -0.351 e. The minimum atomic E-state index is -1.00. The van der Waals surface area contributed by atoms with E-state index >= 15 is 0 Å². The number of hydrogen-bond donors (Lipinski definition) is 2. The van der Waals surface area contributed by atoms with Crippen LogP contribution in [0.2, 0.25) is 0 Å². The van der Waals surface area contributed by atoms with Crippen LogP contribution in [0.25, 0.3) is 0 Å². The molecule has 2 N–H and O–H groups in total. The van der Waals surface area contributed by atoms with E-state index in [0.29, 0.717) is 19.1 Å². The molecule has 1 fully saturated rings. The van der Waals surface area contributed by atoms with E-state index in [2.05, 4.69) is 10.6 Å². The third kappa shape index (κ3) is 5.08. The maximum atomic E-state index is 13.0. The molecular weight excluding hydrogens is 274 g/mol. The number of carbonyl (C=O) groups is 1. The smallest absolute Gasteiger partial charge is 0.251 e. The van der Waals surface area contributed by atoms with Gasteiger partial charge in [-0.15, -0.1) is 0 Å². The lowest BCUT2D eigenvalue weighted by Gasteiger charge is -2.16. The second-order valence-electron chi connectivity index (χ2n) is 5.53. The molecule has 2 rings (SSSR count). The Morgan fingerprint density at radius 1 is 1.05 bits per heavy atom. The Labute approximate surface area is 124 Å². The summed E-state index contributed by atoms with van der Waals surface area (Å²) in [5.74, 6) is -2.32. The van der Waals surface area contributed by atoms with Crippen LogP contribution in [0.3, 0.4) is 0 Å². The second-order valence-corrected chi connectivity index (χ2v) is 5.53. The van der Waals surface area contributed by atoms with E-state index in [0.717, 1.165) is 12.1 Å². The molecule has 0 aromatic heterocycles. The molecule has 0 bridgehead atoms. The lowest BCUT2D eigenvalue weighted by molar-refractivity contribution is 0.0953. The summed E-state index contributed by atoms with van der Waals surface area (Å²) >= 11 is 0. The van der Waals surface area contributed by atoms with Gasteiger partial charge in [0.15, 0.2) is 11.6 Å². The highest BCUT2D eigenvalue weighted by molar-refractivity contribution is 5.94. The van der Waals surface area contributed by atoms with Crippen LogP contribution in [-0.4, -0.2) is 25.0 Å². The van der Waals surface area contributed by atoms with Gasteiger partial charge in [-0.2, -0.15) is 0 Å². The van der Waals surface area contributed by atoms with Gasteiger partial charge in [0.25, 0.3) is 5.91 Å². The SMILES string of the molecule is O=C(NCCNC1CCCCCC1)c1ccc(F)c(F)c1. The van der Waals surface area contributed by atoms with Gasteiger partial charge < -0.3 is 10.6 Å². The maximum absolute atomic E-state index is 13.0. The van der Waals surface area contributed by atoms with Crippen molar-refractivity contribution in [2.45, 2.75) is 44.6 Å². The standard InChI is InChI=1S/C16H22F2N2O/c17-14-8-7-12(11-15(14)18)16(21)20-10-9-19-13-5-3-1-2-4-6-13/h7-8,11,13,19H,1-6,9-10H2,(H,20,21). The lowest BCUT2D eigenvalue weighted by Crippen LogP contribution is -2.36. The molecule has 3 nitrogen and oxygen atoms in total. The van der Waals surface area contributed by atoms with Crippen molar-refractivity contribution in [3.63, 3.8) is 0 Å². The summed E-state index contributed by atoms with van der Waals surface area (Å²) < 4.78 is 25.8. The molecule has 0 atom stereocenters. The highest BCUT2D eigenvalue weighted by Crippen LogP contribution is 2.16. The summed E-state index contributed by atoms with van der Waals surface area (Å²) in [6.07, 6.45) is 7.53. The van der Waals surface area contributed by atoms with Crippen molar-refractivity contribution in [2.75, 3.05) is 13.1 Å². The van der Waals surface area contributed by atoms with Crippen LogP contribution >= 0.6 is 0 Å². The molecule has 0 aliphatic heterocycles. The topological polar surface area (TPSA) is 41.1 Å². The fourth-order valence-corrected chi connectivity index (χ4v) is 2.68. The molecule has 0 saturated heterocycles. The van der Waals surface area contributed by atoms with Crippen LogP contribution in [-0.2, 0) is 0 Å². The molecule has 5 heteroatoms. The first kappa shape index (κ1) is 15.9. The molecule has 116 valence electrons. The monoisotopic (exact) mass is 296 g/mol. The number of nitrogens with one attached hydrogen (secondary N) is 2. The Hall–Kier alpha value is -1.49. The summed E-state index contributed by atoms with van der Waals surface area (Å²) in [5.41, 5.74) is 0.142. The van der Waals surface area contributed by atoms with Crippen molar-refractivity contribution < 1.29 is 13.6 Å². The van der Waals surface area contributed by atoms with Crippen molar-refractivity contribution in [2.24, 2.45) is 0 Å². The van der Waals surface area contributed by atoms with Gasteiger partial charge in [-0.05, 0) is 31.0 Å². The molecule has 0 radical (unpaired) electrons. The van der Waals surface area contributed by atoms with E-state index in [4.69, 9.17) is 0 Å². The van der Waals surface area contributed by atoms with Crippen molar-refractivity contribution in [1.29, 1.82) is 0 Å². The molecular formula is C16H22F2N2O. The van der Waals surface area contributed by atoms with Gasteiger partial charge in [0.2, 0.25) is 0 Å². The van der Waals surface area contributed by atoms with Crippen molar-refractivity contribution >= 4 is 5.91 Å². The number of rotatable bonds is 5. The number of carbonyl (C=O) groups excluding carboxylic acids is 1. The Balaban J connectivity index is 1.70. The van der Waals surface area contributed by atoms with E-state index in [9.17, 15) is 13.6 Å². The normalized spacial score (nSPS) is 16.5. The summed E-state index contributed by atoms with van der Waals surface area (Å²) in [5, 5.41) is 6.15. The first-order chi connectivity index (χ1) is 10.2. The molecule has 21 heavy (non-hydrogen) atoms. The molecule has 1 aliphatic carbocycles. The molecule has 1 amide bonds. The summed E-state index contributed by atoms with van der Waals surface area (Å²) in [4.78, 5) is 11.8. The van der Waals surface area contributed by atoms with Crippen molar-refractivity contribution in [3.8, 4) is 0 Å².